The van der Waals surface area contributed by atoms with E-state index in [0.717, 1.165) is 0 Å². The second kappa shape index (κ2) is 5.96. The number of pyridine rings is 1. The van der Waals surface area contributed by atoms with Crippen LogP contribution in [0.5, 0.6) is 11.5 Å². The molecule has 2 aromatic heterocycles. The number of carbonyl (C=O) groups is 1. The summed E-state index contributed by atoms with van der Waals surface area (Å²) in [5.74, 6) is 0.0729. The molecule has 1 amide bonds. The smallest absolute Gasteiger partial charge is 0.418 e. The summed E-state index contributed by atoms with van der Waals surface area (Å²) in [6.07, 6.45) is 1.51. The zero-order valence-corrected chi connectivity index (χ0v) is 12.6. The van der Waals surface area contributed by atoms with Crippen LogP contribution in [-0.2, 0) is 4.79 Å². The second-order valence-electron chi connectivity index (χ2n) is 5.28. The minimum atomic E-state index is -0.596. The maximum Gasteiger partial charge on any atom is 0.418 e. The number of nitrogens with zero attached hydrogens (tertiary/aromatic N) is 1. The van der Waals surface area contributed by atoms with Crippen molar-refractivity contribution in [2.24, 2.45) is 5.92 Å². The first kappa shape index (κ1) is 14.8. The highest BCUT2D eigenvalue weighted by molar-refractivity contribution is 5.92. The number of hydrogen-bond acceptors (Lipinski definition) is 5. The minimum Gasteiger partial charge on any atom is -0.453 e. The molecule has 3 aromatic rings. The quantitative estimate of drug-likeness (QED) is 0.772. The number of aromatic amines is 1. The molecule has 7 heteroatoms. The van der Waals surface area contributed by atoms with Crippen LogP contribution in [-0.4, -0.2) is 15.9 Å². The Kier molecular flexibility index (Phi) is 3.84. The molecule has 0 spiro atoms. The first-order chi connectivity index (χ1) is 11.0. The monoisotopic (exact) mass is 313 g/mol. The Labute approximate surface area is 131 Å². The van der Waals surface area contributed by atoms with E-state index < -0.39 is 5.76 Å². The van der Waals surface area contributed by atoms with E-state index in [0.29, 0.717) is 22.8 Å². The van der Waals surface area contributed by atoms with Gasteiger partial charge in [0.05, 0.1) is 0 Å². The van der Waals surface area contributed by atoms with Crippen molar-refractivity contribution in [2.45, 2.75) is 13.8 Å². The first-order valence-electron chi connectivity index (χ1n) is 7.09. The summed E-state index contributed by atoms with van der Waals surface area (Å²) >= 11 is 0. The minimum absolute atomic E-state index is 0.0786. The summed E-state index contributed by atoms with van der Waals surface area (Å²) in [6, 6.07) is 8.56. The van der Waals surface area contributed by atoms with Crippen molar-refractivity contribution in [2.75, 3.05) is 5.32 Å². The van der Waals surface area contributed by atoms with E-state index in [4.69, 9.17) is 9.15 Å². The van der Waals surface area contributed by atoms with Crippen LogP contribution in [0.2, 0.25) is 0 Å². The van der Waals surface area contributed by atoms with E-state index in [-0.39, 0.29) is 17.4 Å². The number of nitrogens with one attached hydrogen (secondary N) is 2. The molecule has 0 aliphatic rings. The predicted molar refractivity (Wildman–Crippen MR) is 84.6 cm³/mol. The number of H-pyrrole nitrogens is 1. The lowest BCUT2D eigenvalue weighted by Gasteiger charge is -2.10. The Balaban J connectivity index is 1.87. The molecule has 0 aliphatic heterocycles. The Bertz CT molecular complexity index is 911. The largest absolute Gasteiger partial charge is 0.453 e. The molecule has 0 unspecified atom stereocenters. The molecule has 0 atom stereocenters. The number of anilines is 1. The van der Waals surface area contributed by atoms with Gasteiger partial charge in [-0.2, -0.15) is 0 Å². The third-order valence-electron chi connectivity index (χ3n) is 3.14. The summed E-state index contributed by atoms with van der Waals surface area (Å²) < 4.78 is 10.8. The lowest BCUT2D eigenvalue weighted by atomic mass is 10.2. The van der Waals surface area contributed by atoms with Crippen LogP contribution in [0.1, 0.15) is 13.8 Å². The highest BCUT2D eigenvalue weighted by Crippen LogP contribution is 2.28. The van der Waals surface area contributed by atoms with Gasteiger partial charge >= 0.3 is 5.76 Å². The third-order valence-corrected chi connectivity index (χ3v) is 3.14. The number of hydrogen-bond donors (Lipinski definition) is 2. The molecule has 3 rings (SSSR count). The van der Waals surface area contributed by atoms with Gasteiger partial charge in [0, 0.05) is 29.9 Å². The van der Waals surface area contributed by atoms with Crippen molar-refractivity contribution in [1.82, 2.24) is 9.97 Å². The molecular weight excluding hydrogens is 298 g/mol. The van der Waals surface area contributed by atoms with E-state index in [1.54, 1.807) is 30.3 Å². The molecule has 2 N–H and O–H groups in total. The Morgan fingerprint density at radius 1 is 1.35 bits per heavy atom. The Hall–Kier alpha value is -3.09. The van der Waals surface area contributed by atoms with E-state index in [9.17, 15) is 9.59 Å². The van der Waals surface area contributed by atoms with Crippen molar-refractivity contribution in [1.29, 1.82) is 0 Å². The number of benzene rings is 1. The second-order valence-corrected chi connectivity index (χ2v) is 5.28. The standard InChI is InChI=1S/C16H15N3O4/c1-9(2)15(20)18-10-4-3-5-11(8-10)22-12-6-7-17-14-13(12)23-16(21)19-14/h3-9H,1-2H3,(H,18,20)(H,17,19,21). The van der Waals surface area contributed by atoms with Crippen molar-refractivity contribution >= 4 is 22.8 Å². The average molecular weight is 313 g/mol. The predicted octanol–water partition coefficient (Wildman–Crippen LogP) is 2.90. The van der Waals surface area contributed by atoms with Crippen LogP contribution in [0.15, 0.2) is 45.7 Å². The molecule has 7 nitrogen and oxygen atoms in total. The van der Waals surface area contributed by atoms with Crippen molar-refractivity contribution in [3.05, 3.63) is 47.1 Å². The lowest BCUT2D eigenvalue weighted by Crippen LogP contribution is -2.17. The molecular formula is C16H15N3O4. The topological polar surface area (TPSA) is 97.2 Å². The van der Waals surface area contributed by atoms with Crippen molar-refractivity contribution < 1.29 is 13.9 Å². The average Bonchev–Trinajstić information content (AvgIpc) is 2.89. The van der Waals surface area contributed by atoms with Crippen LogP contribution in [0.4, 0.5) is 5.69 Å². The van der Waals surface area contributed by atoms with Gasteiger partial charge in [0.25, 0.3) is 0 Å². The van der Waals surface area contributed by atoms with E-state index in [1.165, 1.54) is 6.20 Å². The number of ether oxygens (including phenoxy) is 1. The van der Waals surface area contributed by atoms with Gasteiger partial charge in [-0.15, -0.1) is 0 Å². The van der Waals surface area contributed by atoms with Crippen molar-refractivity contribution in [3.8, 4) is 11.5 Å². The number of amides is 1. The molecule has 0 fully saturated rings. The van der Waals surface area contributed by atoms with Crippen molar-refractivity contribution in [3.63, 3.8) is 0 Å². The molecule has 0 aliphatic carbocycles. The third kappa shape index (κ3) is 3.23. The fourth-order valence-electron chi connectivity index (χ4n) is 1.96. The number of rotatable bonds is 4. The zero-order chi connectivity index (χ0) is 16.4. The van der Waals surface area contributed by atoms with Crippen LogP contribution in [0.3, 0.4) is 0 Å². The molecule has 0 bridgehead atoms. The fraction of sp³-hybridized carbons (Fsp3) is 0.188. The van der Waals surface area contributed by atoms with Crippen LogP contribution >= 0.6 is 0 Å². The van der Waals surface area contributed by atoms with Gasteiger partial charge in [0.1, 0.15) is 5.75 Å². The molecule has 23 heavy (non-hydrogen) atoms. The van der Waals surface area contributed by atoms with E-state index >= 15 is 0 Å². The van der Waals surface area contributed by atoms with Gasteiger partial charge in [-0.05, 0) is 12.1 Å². The Morgan fingerprint density at radius 3 is 2.96 bits per heavy atom. The zero-order valence-electron chi connectivity index (χ0n) is 12.6. The van der Waals surface area contributed by atoms with Gasteiger partial charge < -0.3 is 14.5 Å². The molecule has 118 valence electrons. The summed E-state index contributed by atoms with van der Waals surface area (Å²) in [5.41, 5.74) is 1.19. The lowest BCUT2D eigenvalue weighted by molar-refractivity contribution is -0.118. The number of fused-ring (bicyclic) bond motifs is 1. The fourth-order valence-corrected chi connectivity index (χ4v) is 1.96. The number of aromatic nitrogens is 2. The van der Waals surface area contributed by atoms with Gasteiger partial charge in [0.15, 0.2) is 11.4 Å². The molecule has 1 aromatic carbocycles. The molecule has 0 saturated heterocycles. The highest BCUT2D eigenvalue weighted by Gasteiger charge is 2.11. The summed E-state index contributed by atoms with van der Waals surface area (Å²) in [7, 11) is 0. The SMILES string of the molecule is CC(C)C(=O)Nc1cccc(Oc2ccnc3[nH]c(=O)oc23)c1. The van der Waals surface area contributed by atoms with E-state index in [1.807, 2.05) is 13.8 Å². The number of carbonyl (C=O) groups excluding carboxylic acids is 1. The Morgan fingerprint density at radius 2 is 2.17 bits per heavy atom. The normalized spacial score (nSPS) is 10.9. The molecule has 0 saturated carbocycles. The van der Waals surface area contributed by atoms with Gasteiger partial charge in [-0.1, -0.05) is 19.9 Å². The maximum atomic E-state index is 11.7. The maximum absolute atomic E-state index is 11.7. The van der Waals surface area contributed by atoms with Crippen LogP contribution < -0.4 is 15.8 Å². The van der Waals surface area contributed by atoms with Crippen LogP contribution in [0, 0.1) is 5.92 Å². The number of oxazole rings is 1. The van der Waals surface area contributed by atoms with Crippen LogP contribution in [0.25, 0.3) is 11.2 Å². The highest BCUT2D eigenvalue weighted by atomic mass is 16.5. The first-order valence-corrected chi connectivity index (χ1v) is 7.09. The summed E-state index contributed by atoms with van der Waals surface area (Å²) in [4.78, 5) is 29.5. The molecule has 2 heterocycles. The summed E-state index contributed by atoms with van der Waals surface area (Å²) in [5, 5.41) is 2.80. The van der Waals surface area contributed by atoms with Gasteiger partial charge in [-0.3, -0.25) is 9.78 Å². The van der Waals surface area contributed by atoms with Gasteiger partial charge in [-0.25, -0.2) is 9.78 Å². The van der Waals surface area contributed by atoms with E-state index in [2.05, 4.69) is 15.3 Å². The van der Waals surface area contributed by atoms with Gasteiger partial charge in [0.2, 0.25) is 11.5 Å². The summed E-state index contributed by atoms with van der Waals surface area (Å²) in [6.45, 7) is 3.63. The molecule has 0 radical (unpaired) electrons.